The Morgan fingerprint density at radius 2 is 2.18 bits per heavy atom. The number of benzene rings is 1. The normalized spacial score (nSPS) is 13.1. The summed E-state index contributed by atoms with van der Waals surface area (Å²) < 4.78 is 5.69. The van der Waals surface area contributed by atoms with Crippen LogP contribution in [-0.4, -0.2) is 11.0 Å². The van der Waals surface area contributed by atoms with Crippen LogP contribution in [-0.2, 0) is 13.0 Å². The molecule has 0 bridgehead atoms. The number of aromatic nitrogens is 1. The Hall–Kier alpha value is -1.35. The van der Waals surface area contributed by atoms with Crippen LogP contribution < -0.4 is 5.32 Å². The summed E-state index contributed by atoms with van der Waals surface area (Å²) in [7, 11) is 0. The van der Waals surface area contributed by atoms with Crippen molar-refractivity contribution in [2.45, 2.75) is 46.2 Å². The minimum absolute atomic E-state index is 0.496. The van der Waals surface area contributed by atoms with Gasteiger partial charge in [0.05, 0.1) is 6.54 Å². The van der Waals surface area contributed by atoms with Crippen LogP contribution in [0.3, 0.4) is 0 Å². The van der Waals surface area contributed by atoms with Gasteiger partial charge in [0, 0.05) is 6.04 Å². The molecule has 1 heterocycles. The first-order valence-electron chi connectivity index (χ1n) is 6.34. The highest BCUT2D eigenvalue weighted by molar-refractivity contribution is 5.73. The maximum absolute atomic E-state index is 5.69. The Kier molecular flexibility index (Phi) is 3.79. The molecule has 0 amide bonds. The maximum atomic E-state index is 5.69. The topological polar surface area (TPSA) is 38.1 Å². The lowest BCUT2D eigenvalue weighted by Crippen LogP contribution is -2.24. The summed E-state index contributed by atoms with van der Waals surface area (Å²) in [4.78, 5) is 4.50. The molecule has 2 aromatic rings. The van der Waals surface area contributed by atoms with Gasteiger partial charge in [-0.05, 0) is 37.5 Å². The third-order valence-corrected chi connectivity index (χ3v) is 3.12. The van der Waals surface area contributed by atoms with Gasteiger partial charge in [0.2, 0.25) is 5.89 Å². The van der Waals surface area contributed by atoms with Crippen LogP contribution in [0, 0.1) is 0 Å². The Morgan fingerprint density at radius 1 is 1.35 bits per heavy atom. The zero-order valence-corrected chi connectivity index (χ0v) is 10.8. The zero-order chi connectivity index (χ0) is 12.3. The largest absolute Gasteiger partial charge is 0.439 e. The Labute approximate surface area is 102 Å². The second-order valence-electron chi connectivity index (χ2n) is 4.45. The van der Waals surface area contributed by atoms with E-state index in [0.29, 0.717) is 12.6 Å². The average molecular weight is 232 g/mol. The van der Waals surface area contributed by atoms with Gasteiger partial charge >= 0.3 is 0 Å². The minimum Gasteiger partial charge on any atom is -0.439 e. The van der Waals surface area contributed by atoms with Crippen LogP contribution in [0.2, 0.25) is 0 Å². The van der Waals surface area contributed by atoms with Crippen molar-refractivity contribution >= 4 is 11.1 Å². The van der Waals surface area contributed by atoms with Gasteiger partial charge in [-0.3, -0.25) is 0 Å². The van der Waals surface area contributed by atoms with Crippen molar-refractivity contribution in [3.05, 3.63) is 29.7 Å². The molecule has 1 aromatic carbocycles. The van der Waals surface area contributed by atoms with E-state index < -0.39 is 0 Å². The second-order valence-corrected chi connectivity index (χ2v) is 4.45. The zero-order valence-electron chi connectivity index (χ0n) is 10.8. The van der Waals surface area contributed by atoms with Gasteiger partial charge in [-0.2, -0.15) is 0 Å². The fraction of sp³-hybridized carbons (Fsp3) is 0.500. The lowest BCUT2D eigenvalue weighted by Gasteiger charge is -2.07. The van der Waals surface area contributed by atoms with E-state index in [9.17, 15) is 0 Å². The van der Waals surface area contributed by atoms with Gasteiger partial charge in [-0.1, -0.05) is 19.9 Å². The third-order valence-electron chi connectivity index (χ3n) is 3.12. The van der Waals surface area contributed by atoms with Crippen molar-refractivity contribution in [3.8, 4) is 0 Å². The first-order chi connectivity index (χ1) is 8.22. The lowest BCUT2D eigenvalue weighted by molar-refractivity contribution is 0.455. The Morgan fingerprint density at radius 3 is 2.88 bits per heavy atom. The van der Waals surface area contributed by atoms with E-state index in [2.05, 4.69) is 43.2 Å². The molecular formula is C14H20N2O. The molecule has 0 saturated carbocycles. The Balaban J connectivity index is 2.14. The fourth-order valence-electron chi connectivity index (χ4n) is 1.72. The fourth-order valence-corrected chi connectivity index (χ4v) is 1.72. The summed E-state index contributed by atoms with van der Waals surface area (Å²) in [6.45, 7) is 7.17. The molecule has 0 aliphatic rings. The van der Waals surface area contributed by atoms with Gasteiger partial charge in [-0.15, -0.1) is 0 Å². The van der Waals surface area contributed by atoms with E-state index in [-0.39, 0.29) is 0 Å². The van der Waals surface area contributed by atoms with Crippen molar-refractivity contribution in [2.24, 2.45) is 0 Å². The number of nitrogens with zero attached hydrogens (tertiary/aromatic N) is 1. The van der Waals surface area contributed by atoms with Crippen molar-refractivity contribution in [1.82, 2.24) is 10.3 Å². The molecule has 0 radical (unpaired) electrons. The molecule has 3 nitrogen and oxygen atoms in total. The highest BCUT2D eigenvalue weighted by Crippen LogP contribution is 2.17. The molecule has 0 aliphatic heterocycles. The summed E-state index contributed by atoms with van der Waals surface area (Å²) in [6.07, 6.45) is 2.14. The first kappa shape index (κ1) is 12.1. The molecule has 2 rings (SSSR count). The number of aryl methyl sites for hydroxylation is 1. The molecule has 0 aliphatic carbocycles. The minimum atomic E-state index is 0.496. The average Bonchev–Trinajstić information content (AvgIpc) is 2.77. The van der Waals surface area contributed by atoms with Crippen LogP contribution >= 0.6 is 0 Å². The molecule has 1 N–H and O–H groups in total. The van der Waals surface area contributed by atoms with Gasteiger partial charge in [0.15, 0.2) is 5.58 Å². The second kappa shape index (κ2) is 5.32. The summed E-state index contributed by atoms with van der Waals surface area (Å²) in [6, 6.07) is 6.70. The molecule has 1 unspecified atom stereocenters. The van der Waals surface area contributed by atoms with Crippen LogP contribution in [0.5, 0.6) is 0 Å². The van der Waals surface area contributed by atoms with E-state index in [4.69, 9.17) is 4.42 Å². The van der Waals surface area contributed by atoms with E-state index in [0.717, 1.165) is 29.8 Å². The molecule has 0 spiro atoms. The number of hydrogen-bond acceptors (Lipinski definition) is 3. The van der Waals surface area contributed by atoms with Crippen molar-refractivity contribution in [3.63, 3.8) is 0 Å². The number of hydrogen-bond donors (Lipinski definition) is 1. The number of oxazole rings is 1. The quantitative estimate of drug-likeness (QED) is 0.859. The number of rotatable bonds is 5. The summed E-state index contributed by atoms with van der Waals surface area (Å²) >= 11 is 0. The molecule has 0 fully saturated rings. The third kappa shape index (κ3) is 2.86. The SMILES string of the molecule is CCc1ccc2oc(CNC(C)CC)nc2c1. The maximum Gasteiger partial charge on any atom is 0.209 e. The Bertz CT molecular complexity index is 490. The molecule has 1 atom stereocenters. The molecule has 3 heteroatoms. The monoisotopic (exact) mass is 232 g/mol. The molecule has 17 heavy (non-hydrogen) atoms. The van der Waals surface area contributed by atoms with Crippen LogP contribution in [0.4, 0.5) is 0 Å². The van der Waals surface area contributed by atoms with Crippen molar-refractivity contribution in [2.75, 3.05) is 0 Å². The van der Waals surface area contributed by atoms with Gasteiger partial charge in [-0.25, -0.2) is 4.98 Å². The lowest BCUT2D eigenvalue weighted by atomic mass is 10.1. The standard InChI is InChI=1S/C14H20N2O/c1-4-10(3)15-9-14-16-12-8-11(5-2)6-7-13(12)17-14/h6-8,10,15H,4-5,9H2,1-3H3. The molecule has 1 aromatic heterocycles. The summed E-state index contributed by atoms with van der Waals surface area (Å²) in [5.41, 5.74) is 3.14. The molecule has 92 valence electrons. The predicted octanol–water partition coefficient (Wildman–Crippen LogP) is 3.28. The number of nitrogens with one attached hydrogen (secondary N) is 1. The van der Waals surface area contributed by atoms with E-state index in [1.165, 1.54) is 5.56 Å². The first-order valence-corrected chi connectivity index (χ1v) is 6.34. The highest BCUT2D eigenvalue weighted by Gasteiger charge is 2.07. The van der Waals surface area contributed by atoms with Crippen LogP contribution in [0.1, 0.15) is 38.6 Å². The van der Waals surface area contributed by atoms with Crippen LogP contribution in [0.25, 0.3) is 11.1 Å². The predicted molar refractivity (Wildman–Crippen MR) is 70.0 cm³/mol. The highest BCUT2D eigenvalue weighted by atomic mass is 16.3. The van der Waals surface area contributed by atoms with E-state index in [1.54, 1.807) is 0 Å². The van der Waals surface area contributed by atoms with Crippen LogP contribution in [0.15, 0.2) is 22.6 Å². The van der Waals surface area contributed by atoms with Gasteiger partial charge in [0.1, 0.15) is 5.52 Å². The molecule has 0 saturated heterocycles. The van der Waals surface area contributed by atoms with E-state index >= 15 is 0 Å². The van der Waals surface area contributed by atoms with Gasteiger partial charge < -0.3 is 9.73 Å². The van der Waals surface area contributed by atoms with E-state index in [1.807, 2.05) is 6.07 Å². The van der Waals surface area contributed by atoms with Crippen molar-refractivity contribution < 1.29 is 4.42 Å². The number of fused-ring (bicyclic) bond motifs is 1. The summed E-state index contributed by atoms with van der Waals surface area (Å²) in [5.74, 6) is 0.772. The molecular weight excluding hydrogens is 212 g/mol. The van der Waals surface area contributed by atoms with Gasteiger partial charge in [0.25, 0.3) is 0 Å². The van der Waals surface area contributed by atoms with Crippen molar-refractivity contribution in [1.29, 1.82) is 0 Å². The summed E-state index contributed by atoms with van der Waals surface area (Å²) in [5, 5.41) is 3.38. The smallest absolute Gasteiger partial charge is 0.209 e.